The number of hydrogen-bond acceptors (Lipinski definition) is 3. The molecule has 108 valence electrons. The van der Waals surface area contributed by atoms with E-state index in [2.05, 4.69) is 17.2 Å². The van der Waals surface area contributed by atoms with Crippen LogP contribution in [0.15, 0.2) is 12.2 Å². The van der Waals surface area contributed by atoms with Crippen LogP contribution in [0.25, 0.3) is 0 Å². The fourth-order valence-electron chi connectivity index (χ4n) is 1.41. The zero-order valence-electron chi connectivity index (χ0n) is 11.7. The second-order valence-electron chi connectivity index (χ2n) is 4.87. The molecule has 0 aromatic heterocycles. The minimum Gasteiger partial charge on any atom is -0.480 e. The van der Waals surface area contributed by atoms with Gasteiger partial charge in [-0.05, 0) is 24.8 Å². The van der Waals surface area contributed by atoms with Crippen LogP contribution in [0, 0.1) is 5.92 Å². The number of aliphatic carboxylic acids is 1. The smallest absolute Gasteiger partial charge is 0.326 e. The van der Waals surface area contributed by atoms with Crippen LogP contribution >= 0.6 is 0 Å². The van der Waals surface area contributed by atoms with E-state index in [1.165, 1.54) is 0 Å². The summed E-state index contributed by atoms with van der Waals surface area (Å²) in [5, 5.41) is 13.8. The third-order valence-electron chi connectivity index (χ3n) is 2.42. The number of hydrogen-bond donors (Lipinski definition) is 3. The minimum atomic E-state index is -1.07. The SMILES string of the molecule is C=C(C)C(=O)CCNC(=O)N[C@@H](CC(C)C)C(=O)O. The highest BCUT2D eigenvalue weighted by Gasteiger charge is 2.20. The molecule has 0 bridgehead atoms. The number of allylic oxidation sites excluding steroid dienone is 1. The molecular formula is C13H22N2O4. The molecule has 0 aliphatic carbocycles. The first-order valence-corrected chi connectivity index (χ1v) is 6.20. The van der Waals surface area contributed by atoms with Gasteiger partial charge >= 0.3 is 12.0 Å². The second kappa shape index (κ2) is 8.29. The van der Waals surface area contributed by atoms with Crippen molar-refractivity contribution in [1.29, 1.82) is 0 Å². The Morgan fingerprint density at radius 3 is 2.26 bits per heavy atom. The molecule has 0 unspecified atom stereocenters. The molecule has 0 spiro atoms. The molecule has 6 heteroatoms. The largest absolute Gasteiger partial charge is 0.480 e. The third kappa shape index (κ3) is 7.96. The summed E-state index contributed by atoms with van der Waals surface area (Å²) in [4.78, 5) is 33.6. The summed E-state index contributed by atoms with van der Waals surface area (Å²) >= 11 is 0. The van der Waals surface area contributed by atoms with E-state index in [1.807, 2.05) is 13.8 Å². The number of urea groups is 1. The Morgan fingerprint density at radius 1 is 1.26 bits per heavy atom. The first-order chi connectivity index (χ1) is 8.73. The van der Waals surface area contributed by atoms with Gasteiger partial charge in [0.2, 0.25) is 0 Å². The Hall–Kier alpha value is -1.85. The summed E-state index contributed by atoms with van der Waals surface area (Å²) in [6.45, 7) is 9.01. The van der Waals surface area contributed by atoms with Gasteiger partial charge in [-0.15, -0.1) is 0 Å². The molecule has 19 heavy (non-hydrogen) atoms. The maximum Gasteiger partial charge on any atom is 0.326 e. The van der Waals surface area contributed by atoms with Crippen LogP contribution in [0.3, 0.4) is 0 Å². The fraction of sp³-hybridized carbons (Fsp3) is 0.615. The van der Waals surface area contributed by atoms with Gasteiger partial charge in [-0.3, -0.25) is 4.79 Å². The number of nitrogens with one attached hydrogen (secondary N) is 2. The maximum atomic E-state index is 11.5. The van der Waals surface area contributed by atoms with Gasteiger partial charge < -0.3 is 15.7 Å². The number of carboxylic acid groups (broad SMARTS) is 1. The lowest BCUT2D eigenvalue weighted by atomic mass is 10.0. The molecule has 6 nitrogen and oxygen atoms in total. The Bertz CT molecular complexity index is 364. The van der Waals surface area contributed by atoms with E-state index < -0.39 is 18.0 Å². The molecule has 3 N–H and O–H groups in total. The molecule has 0 saturated carbocycles. The van der Waals surface area contributed by atoms with Crippen LogP contribution in [0.2, 0.25) is 0 Å². The van der Waals surface area contributed by atoms with Crippen molar-refractivity contribution >= 4 is 17.8 Å². The zero-order chi connectivity index (χ0) is 15.0. The van der Waals surface area contributed by atoms with Crippen LogP contribution in [-0.4, -0.2) is 35.5 Å². The topological polar surface area (TPSA) is 95.5 Å². The van der Waals surface area contributed by atoms with Crippen molar-refractivity contribution in [1.82, 2.24) is 10.6 Å². The maximum absolute atomic E-state index is 11.5. The number of ketones is 1. The van der Waals surface area contributed by atoms with Crippen molar-refractivity contribution in [3.63, 3.8) is 0 Å². The lowest BCUT2D eigenvalue weighted by Gasteiger charge is -2.16. The summed E-state index contributed by atoms with van der Waals surface area (Å²) in [6, 6.07) is -1.50. The Labute approximate surface area is 113 Å². The van der Waals surface area contributed by atoms with Crippen molar-refractivity contribution < 1.29 is 19.5 Å². The highest BCUT2D eigenvalue weighted by Crippen LogP contribution is 2.04. The first-order valence-electron chi connectivity index (χ1n) is 6.20. The zero-order valence-corrected chi connectivity index (χ0v) is 11.7. The highest BCUT2D eigenvalue weighted by molar-refractivity contribution is 5.94. The quantitative estimate of drug-likeness (QED) is 0.580. The molecule has 0 aromatic rings. The molecule has 1 atom stereocenters. The molecule has 0 radical (unpaired) electrons. The number of Topliss-reactive ketones (excluding diaryl/α,β-unsaturated/α-hetero) is 1. The standard InChI is InChI=1S/C13H22N2O4/c1-8(2)7-10(12(17)18)15-13(19)14-6-5-11(16)9(3)4/h8,10H,3,5-7H2,1-2,4H3,(H,17,18)(H2,14,15,19)/t10-/m0/s1. The number of amides is 2. The fourth-order valence-corrected chi connectivity index (χ4v) is 1.41. The van der Waals surface area contributed by atoms with E-state index in [0.717, 1.165) is 0 Å². The van der Waals surface area contributed by atoms with Gasteiger partial charge in [0.05, 0.1) is 0 Å². The van der Waals surface area contributed by atoms with Crippen LogP contribution in [0.4, 0.5) is 4.79 Å². The summed E-state index contributed by atoms with van der Waals surface area (Å²) in [7, 11) is 0. The van der Waals surface area contributed by atoms with Gasteiger partial charge in [-0.1, -0.05) is 20.4 Å². The van der Waals surface area contributed by atoms with Gasteiger partial charge in [0.1, 0.15) is 6.04 Å². The molecule has 0 heterocycles. The molecular weight excluding hydrogens is 248 g/mol. The average molecular weight is 270 g/mol. The molecule has 0 aliphatic heterocycles. The lowest BCUT2D eigenvalue weighted by molar-refractivity contribution is -0.139. The summed E-state index contributed by atoms with van der Waals surface area (Å²) < 4.78 is 0. The van der Waals surface area contributed by atoms with E-state index in [4.69, 9.17) is 5.11 Å². The van der Waals surface area contributed by atoms with Crippen molar-refractivity contribution in [2.75, 3.05) is 6.54 Å². The van der Waals surface area contributed by atoms with Gasteiger partial charge in [0.25, 0.3) is 0 Å². The van der Waals surface area contributed by atoms with E-state index in [9.17, 15) is 14.4 Å². The van der Waals surface area contributed by atoms with Gasteiger partial charge in [-0.25, -0.2) is 9.59 Å². The molecule has 0 aromatic carbocycles. The molecule has 0 rings (SSSR count). The van der Waals surface area contributed by atoms with Crippen molar-refractivity contribution in [2.45, 2.75) is 39.7 Å². The lowest BCUT2D eigenvalue weighted by Crippen LogP contribution is -2.47. The molecule has 0 fully saturated rings. The van der Waals surface area contributed by atoms with Crippen LogP contribution in [0.5, 0.6) is 0 Å². The van der Waals surface area contributed by atoms with E-state index >= 15 is 0 Å². The van der Waals surface area contributed by atoms with E-state index in [-0.39, 0.29) is 24.7 Å². The number of carbonyl (C=O) groups is 3. The first kappa shape index (κ1) is 17.2. The number of carbonyl (C=O) groups excluding carboxylic acids is 2. The van der Waals surface area contributed by atoms with Crippen molar-refractivity contribution in [3.8, 4) is 0 Å². The molecule has 0 saturated heterocycles. The van der Waals surface area contributed by atoms with E-state index in [1.54, 1.807) is 6.92 Å². The van der Waals surface area contributed by atoms with Crippen LogP contribution < -0.4 is 10.6 Å². The summed E-state index contributed by atoms with van der Waals surface area (Å²) in [6.07, 6.45) is 0.512. The van der Waals surface area contributed by atoms with Gasteiger partial charge in [0.15, 0.2) is 5.78 Å². The number of carboxylic acids is 1. The second-order valence-corrected chi connectivity index (χ2v) is 4.87. The minimum absolute atomic E-state index is 0.128. The molecule has 0 aliphatic rings. The van der Waals surface area contributed by atoms with Crippen LogP contribution in [-0.2, 0) is 9.59 Å². The van der Waals surface area contributed by atoms with E-state index in [0.29, 0.717) is 12.0 Å². The molecule has 2 amide bonds. The predicted octanol–water partition coefficient (Wildman–Crippen LogP) is 1.32. The number of rotatable bonds is 8. The van der Waals surface area contributed by atoms with Crippen molar-refractivity contribution in [2.24, 2.45) is 5.92 Å². The van der Waals surface area contributed by atoms with Gasteiger partial charge in [0, 0.05) is 13.0 Å². The Balaban J connectivity index is 4.10. The Morgan fingerprint density at radius 2 is 1.84 bits per heavy atom. The monoisotopic (exact) mass is 270 g/mol. The highest BCUT2D eigenvalue weighted by atomic mass is 16.4. The normalized spacial score (nSPS) is 11.8. The average Bonchev–Trinajstić information content (AvgIpc) is 2.26. The van der Waals surface area contributed by atoms with Gasteiger partial charge in [-0.2, -0.15) is 0 Å². The summed E-state index contributed by atoms with van der Waals surface area (Å²) in [5.74, 6) is -1.04. The summed E-state index contributed by atoms with van der Waals surface area (Å²) in [5.41, 5.74) is 0.436. The third-order valence-corrected chi connectivity index (χ3v) is 2.42. The predicted molar refractivity (Wildman–Crippen MR) is 71.9 cm³/mol. The van der Waals surface area contributed by atoms with Crippen LogP contribution in [0.1, 0.15) is 33.6 Å². The van der Waals surface area contributed by atoms with Crippen molar-refractivity contribution in [3.05, 3.63) is 12.2 Å². The Kier molecular flexibility index (Phi) is 7.48.